The number of rotatable bonds is 7. The number of fused-ring (bicyclic) bond motifs is 1. The molecule has 1 unspecified atom stereocenters. The molecule has 8 nitrogen and oxygen atoms in total. The lowest BCUT2D eigenvalue weighted by Gasteiger charge is -2.28. The summed E-state index contributed by atoms with van der Waals surface area (Å²) in [7, 11) is 1.96. The van der Waals surface area contributed by atoms with Crippen LogP contribution < -0.4 is 15.4 Å². The number of nitrogens with one attached hydrogen (secondary N) is 2. The van der Waals surface area contributed by atoms with Crippen molar-refractivity contribution < 1.29 is 4.74 Å². The number of nitrogens with zero attached hydrogens (tertiary/aromatic N) is 5. The molecule has 4 rings (SSSR count). The van der Waals surface area contributed by atoms with Gasteiger partial charge in [-0.1, -0.05) is 25.1 Å². The Morgan fingerprint density at radius 3 is 2.91 bits per heavy atom. The van der Waals surface area contributed by atoms with Crippen LogP contribution in [0.5, 0.6) is 5.75 Å². The fourth-order valence-corrected chi connectivity index (χ4v) is 4.32. The summed E-state index contributed by atoms with van der Waals surface area (Å²) in [5, 5.41) is 16.6. The maximum atomic E-state index is 5.81. The second-order valence-corrected chi connectivity index (χ2v) is 8.71. The van der Waals surface area contributed by atoms with E-state index >= 15 is 0 Å². The molecule has 2 N–H and O–H groups in total. The third kappa shape index (κ3) is 5.97. The molecule has 1 aliphatic rings. The van der Waals surface area contributed by atoms with E-state index in [-0.39, 0.29) is 30.0 Å². The minimum absolute atomic E-state index is 0. The number of ether oxygens (including phenoxy) is 1. The molecule has 1 atom stereocenters. The number of para-hydroxylation sites is 1. The molecule has 0 saturated heterocycles. The highest BCUT2D eigenvalue weighted by molar-refractivity contribution is 14.0. The second kappa shape index (κ2) is 11.6. The van der Waals surface area contributed by atoms with Gasteiger partial charge in [0, 0.05) is 43.1 Å². The van der Waals surface area contributed by atoms with Crippen molar-refractivity contribution in [3.05, 3.63) is 57.6 Å². The van der Waals surface area contributed by atoms with Crippen molar-refractivity contribution in [2.24, 2.45) is 12.0 Å². The lowest BCUT2D eigenvalue weighted by molar-refractivity contribution is 0.261. The molecule has 0 saturated carbocycles. The molecule has 0 aliphatic carbocycles. The van der Waals surface area contributed by atoms with Gasteiger partial charge in [-0.2, -0.15) is 0 Å². The van der Waals surface area contributed by atoms with E-state index < -0.39 is 0 Å². The van der Waals surface area contributed by atoms with Crippen LogP contribution in [0.15, 0.2) is 35.5 Å². The van der Waals surface area contributed by atoms with Crippen molar-refractivity contribution in [2.45, 2.75) is 45.7 Å². The third-order valence-corrected chi connectivity index (χ3v) is 6.61. The Labute approximate surface area is 209 Å². The van der Waals surface area contributed by atoms with E-state index in [1.807, 2.05) is 42.9 Å². The minimum atomic E-state index is 0. The van der Waals surface area contributed by atoms with Gasteiger partial charge in [0.2, 0.25) is 0 Å². The average Bonchev–Trinajstić information content (AvgIpc) is 3.38. The molecule has 10 heteroatoms. The van der Waals surface area contributed by atoms with Crippen LogP contribution >= 0.6 is 35.3 Å². The number of hydrogen-bond acceptors (Lipinski definition) is 6. The zero-order chi connectivity index (χ0) is 21.6. The number of aliphatic imine (C=N–C) groups is 1. The summed E-state index contributed by atoms with van der Waals surface area (Å²) in [4.78, 5) is 10.6. The molecule has 0 spiro atoms. The monoisotopic (exact) mass is 567 g/mol. The van der Waals surface area contributed by atoms with Crippen LogP contribution in [0.3, 0.4) is 0 Å². The van der Waals surface area contributed by atoms with E-state index in [4.69, 9.17) is 9.73 Å². The molecule has 3 heterocycles. The highest BCUT2D eigenvalue weighted by atomic mass is 127. The highest BCUT2D eigenvalue weighted by Crippen LogP contribution is 2.31. The predicted octanol–water partition coefficient (Wildman–Crippen LogP) is 3.56. The van der Waals surface area contributed by atoms with E-state index in [0.29, 0.717) is 13.2 Å². The molecule has 0 amide bonds. The highest BCUT2D eigenvalue weighted by Gasteiger charge is 2.22. The Bertz CT molecular complexity index is 1050. The average molecular weight is 568 g/mol. The number of aryl methyl sites for hydroxylation is 2. The maximum absolute atomic E-state index is 5.81. The van der Waals surface area contributed by atoms with Crippen molar-refractivity contribution in [1.29, 1.82) is 0 Å². The van der Waals surface area contributed by atoms with Crippen LogP contribution in [0.25, 0.3) is 0 Å². The van der Waals surface area contributed by atoms with Gasteiger partial charge in [-0.25, -0.2) is 9.98 Å². The van der Waals surface area contributed by atoms with Crippen molar-refractivity contribution >= 4 is 41.3 Å². The fraction of sp³-hybridized carbons (Fsp3) is 0.455. The van der Waals surface area contributed by atoms with Gasteiger partial charge >= 0.3 is 0 Å². The normalized spacial score (nSPS) is 15.5. The van der Waals surface area contributed by atoms with Crippen LogP contribution in [-0.4, -0.2) is 38.9 Å². The lowest BCUT2D eigenvalue weighted by atomic mass is 10.0. The van der Waals surface area contributed by atoms with E-state index in [9.17, 15) is 0 Å². The topological polar surface area (TPSA) is 89.3 Å². The van der Waals surface area contributed by atoms with E-state index in [0.717, 1.165) is 59.7 Å². The van der Waals surface area contributed by atoms with E-state index in [1.54, 1.807) is 11.3 Å². The zero-order valence-electron chi connectivity index (χ0n) is 18.7. The van der Waals surface area contributed by atoms with Crippen molar-refractivity contribution in [3.8, 4) is 5.75 Å². The second-order valence-electron chi connectivity index (χ2n) is 7.51. The first kappa shape index (κ1) is 24.4. The Morgan fingerprint density at radius 1 is 1.31 bits per heavy atom. The molecule has 32 heavy (non-hydrogen) atoms. The molecule has 0 radical (unpaired) electrons. The van der Waals surface area contributed by atoms with Gasteiger partial charge in [0.15, 0.2) is 11.8 Å². The van der Waals surface area contributed by atoms with Crippen LogP contribution in [0, 0.1) is 6.92 Å². The molecular formula is C22H30IN7OS. The number of guanidine groups is 1. The fourth-order valence-electron chi connectivity index (χ4n) is 3.46. The van der Waals surface area contributed by atoms with Gasteiger partial charge in [-0.15, -0.1) is 45.5 Å². The molecule has 0 fully saturated rings. The summed E-state index contributed by atoms with van der Waals surface area (Å²) in [5.74, 6) is 3.40. The SMILES string of the molecule is CCc1cnc(CCNC(=NCc2nnc(C)n2C)NC2CCOc3ccccc32)s1.I. The molecule has 2 aromatic heterocycles. The quantitative estimate of drug-likeness (QED) is 0.258. The van der Waals surface area contributed by atoms with Crippen molar-refractivity contribution in [3.63, 3.8) is 0 Å². The van der Waals surface area contributed by atoms with Gasteiger partial charge < -0.3 is 19.9 Å². The first-order valence-corrected chi connectivity index (χ1v) is 11.5. The summed E-state index contributed by atoms with van der Waals surface area (Å²) in [5.41, 5.74) is 1.16. The van der Waals surface area contributed by atoms with Crippen LogP contribution in [0.4, 0.5) is 0 Å². The van der Waals surface area contributed by atoms with Gasteiger partial charge in [-0.3, -0.25) is 0 Å². The molecule has 172 valence electrons. The zero-order valence-corrected chi connectivity index (χ0v) is 21.8. The van der Waals surface area contributed by atoms with E-state index in [2.05, 4.69) is 38.8 Å². The van der Waals surface area contributed by atoms with Crippen LogP contribution in [0.2, 0.25) is 0 Å². The summed E-state index contributed by atoms with van der Waals surface area (Å²) in [6, 6.07) is 8.32. The smallest absolute Gasteiger partial charge is 0.192 e. The van der Waals surface area contributed by atoms with Crippen LogP contribution in [0.1, 0.15) is 46.5 Å². The largest absolute Gasteiger partial charge is 0.493 e. The number of benzene rings is 1. The standard InChI is InChI=1S/C22H29N7OS.HI/c1-4-16-13-24-21(31-16)9-11-23-22(25-14-20-28-27-15(2)29(20)3)26-18-10-12-30-19-8-6-5-7-17(18)19;/h5-8,13,18H,4,9-12,14H2,1-3H3,(H2,23,25,26);1H. The number of hydrogen-bond donors (Lipinski definition) is 2. The Kier molecular flexibility index (Phi) is 8.85. The van der Waals surface area contributed by atoms with Crippen LogP contribution in [-0.2, 0) is 26.4 Å². The maximum Gasteiger partial charge on any atom is 0.192 e. The predicted molar refractivity (Wildman–Crippen MR) is 138 cm³/mol. The number of thiazole rings is 1. The molecule has 1 aliphatic heterocycles. The molecule has 3 aromatic rings. The lowest BCUT2D eigenvalue weighted by Crippen LogP contribution is -2.42. The first-order chi connectivity index (χ1) is 15.1. The van der Waals surface area contributed by atoms with E-state index in [1.165, 1.54) is 4.88 Å². The summed E-state index contributed by atoms with van der Waals surface area (Å²) >= 11 is 1.78. The molecular weight excluding hydrogens is 537 g/mol. The van der Waals surface area contributed by atoms with Gasteiger partial charge in [0.05, 0.1) is 17.7 Å². The van der Waals surface area contributed by atoms with Crippen molar-refractivity contribution in [2.75, 3.05) is 13.2 Å². The van der Waals surface area contributed by atoms with Gasteiger partial charge in [0.25, 0.3) is 0 Å². The third-order valence-electron chi connectivity index (χ3n) is 5.41. The molecule has 0 bridgehead atoms. The van der Waals surface area contributed by atoms with Gasteiger partial charge in [0.1, 0.15) is 18.1 Å². The minimum Gasteiger partial charge on any atom is -0.493 e. The first-order valence-electron chi connectivity index (χ1n) is 10.7. The number of halogens is 1. The Balaban J connectivity index is 0.00000289. The summed E-state index contributed by atoms with van der Waals surface area (Å²) in [6.45, 7) is 5.99. The van der Waals surface area contributed by atoms with Crippen molar-refractivity contribution in [1.82, 2.24) is 30.4 Å². The molecule has 1 aromatic carbocycles. The Morgan fingerprint density at radius 2 is 2.16 bits per heavy atom. The summed E-state index contributed by atoms with van der Waals surface area (Å²) < 4.78 is 7.77. The Hall–Kier alpha value is -2.21. The van der Waals surface area contributed by atoms with Gasteiger partial charge in [-0.05, 0) is 19.4 Å². The number of aromatic nitrogens is 4. The summed E-state index contributed by atoms with van der Waals surface area (Å²) in [6.07, 6.45) is 4.74.